The van der Waals surface area contributed by atoms with E-state index in [2.05, 4.69) is 9.88 Å². The summed E-state index contributed by atoms with van der Waals surface area (Å²) in [5, 5.41) is 0. The van der Waals surface area contributed by atoms with E-state index in [9.17, 15) is 4.39 Å². The maximum atomic E-state index is 13.7. The molecule has 1 unspecified atom stereocenters. The molecular weight excluding hydrogens is 291 g/mol. The van der Waals surface area contributed by atoms with Crippen LogP contribution in [0.4, 0.5) is 4.39 Å². The summed E-state index contributed by atoms with van der Waals surface area (Å²) in [6, 6.07) is 9.45. The highest BCUT2D eigenvalue weighted by Crippen LogP contribution is 2.23. The van der Waals surface area contributed by atoms with Gasteiger partial charge in [-0.15, -0.1) is 0 Å². The van der Waals surface area contributed by atoms with Crippen LogP contribution in [0.25, 0.3) is 0 Å². The average Bonchev–Trinajstić information content (AvgIpc) is 2.98. The van der Waals surface area contributed by atoms with Crippen molar-refractivity contribution in [2.24, 2.45) is 5.92 Å². The summed E-state index contributed by atoms with van der Waals surface area (Å²) in [7, 11) is 1.67. The van der Waals surface area contributed by atoms with Gasteiger partial charge >= 0.3 is 0 Å². The van der Waals surface area contributed by atoms with Gasteiger partial charge in [0.1, 0.15) is 11.6 Å². The molecule has 1 aromatic carbocycles. The monoisotopic (exact) mass is 314 g/mol. The summed E-state index contributed by atoms with van der Waals surface area (Å²) < 4.78 is 18.9. The second-order valence-corrected chi connectivity index (χ2v) is 6.36. The molecule has 23 heavy (non-hydrogen) atoms. The van der Waals surface area contributed by atoms with E-state index in [0.717, 1.165) is 49.5 Å². The third kappa shape index (κ3) is 4.08. The molecule has 1 fully saturated rings. The van der Waals surface area contributed by atoms with E-state index in [0.29, 0.717) is 11.5 Å². The molecule has 1 aliphatic rings. The van der Waals surface area contributed by atoms with Crippen LogP contribution in [0.15, 0.2) is 36.5 Å². The third-order valence-corrected chi connectivity index (χ3v) is 4.54. The molecule has 4 heteroatoms. The van der Waals surface area contributed by atoms with Crippen molar-refractivity contribution in [2.45, 2.75) is 26.3 Å². The van der Waals surface area contributed by atoms with Gasteiger partial charge in [0.25, 0.3) is 0 Å². The SMILES string of the molecule is COc1ccnc(CN2CCC(Cc3ccc(C)c(F)c3)C2)c1. The maximum absolute atomic E-state index is 13.7. The standard InChI is InChI=1S/C19H23FN2O/c1-14-3-4-15(10-19(14)20)9-16-6-8-22(12-16)13-17-11-18(23-2)5-7-21-17/h3-5,7,10-11,16H,6,8-9,12-13H2,1-2H3. The molecule has 3 rings (SSSR count). The minimum Gasteiger partial charge on any atom is -0.497 e. The molecule has 122 valence electrons. The van der Waals surface area contributed by atoms with E-state index in [1.54, 1.807) is 26.3 Å². The van der Waals surface area contributed by atoms with Crippen molar-refractivity contribution in [3.63, 3.8) is 0 Å². The fourth-order valence-corrected chi connectivity index (χ4v) is 3.22. The number of ether oxygens (including phenoxy) is 1. The van der Waals surface area contributed by atoms with Gasteiger partial charge in [0.15, 0.2) is 0 Å². The zero-order chi connectivity index (χ0) is 16.2. The van der Waals surface area contributed by atoms with Gasteiger partial charge in [-0.05, 0) is 55.5 Å². The Kier molecular flexibility index (Phi) is 4.91. The molecule has 0 saturated carbocycles. The van der Waals surface area contributed by atoms with Gasteiger partial charge in [0.05, 0.1) is 12.8 Å². The fraction of sp³-hybridized carbons (Fsp3) is 0.421. The summed E-state index contributed by atoms with van der Waals surface area (Å²) in [5.41, 5.74) is 2.84. The summed E-state index contributed by atoms with van der Waals surface area (Å²) >= 11 is 0. The number of pyridine rings is 1. The lowest BCUT2D eigenvalue weighted by molar-refractivity contribution is 0.311. The third-order valence-electron chi connectivity index (χ3n) is 4.54. The normalized spacial score (nSPS) is 18.3. The van der Waals surface area contributed by atoms with E-state index in [1.807, 2.05) is 24.3 Å². The molecule has 0 aliphatic carbocycles. The van der Waals surface area contributed by atoms with Crippen LogP contribution in [0.5, 0.6) is 5.75 Å². The van der Waals surface area contributed by atoms with Gasteiger partial charge in [0, 0.05) is 25.4 Å². The van der Waals surface area contributed by atoms with Gasteiger partial charge in [0.2, 0.25) is 0 Å². The summed E-state index contributed by atoms with van der Waals surface area (Å²) in [5.74, 6) is 1.33. The highest BCUT2D eigenvalue weighted by molar-refractivity contribution is 5.24. The lowest BCUT2D eigenvalue weighted by atomic mass is 9.98. The van der Waals surface area contributed by atoms with Crippen LogP contribution >= 0.6 is 0 Å². The number of benzene rings is 1. The number of hydrogen-bond donors (Lipinski definition) is 0. The van der Waals surface area contributed by atoms with Crippen LogP contribution in [0.2, 0.25) is 0 Å². The van der Waals surface area contributed by atoms with Gasteiger partial charge in [-0.25, -0.2) is 4.39 Å². The Hall–Kier alpha value is -1.94. The molecule has 1 saturated heterocycles. The molecule has 2 heterocycles. The van der Waals surface area contributed by atoms with Crippen LogP contribution in [0, 0.1) is 18.7 Å². The Morgan fingerprint density at radius 1 is 1.30 bits per heavy atom. The van der Waals surface area contributed by atoms with Gasteiger partial charge in [-0.3, -0.25) is 9.88 Å². The quantitative estimate of drug-likeness (QED) is 0.843. The number of rotatable bonds is 5. The second kappa shape index (κ2) is 7.09. The van der Waals surface area contributed by atoms with Crippen LogP contribution in [-0.2, 0) is 13.0 Å². The Balaban J connectivity index is 1.56. The predicted molar refractivity (Wildman–Crippen MR) is 89.0 cm³/mol. The van der Waals surface area contributed by atoms with Crippen molar-refractivity contribution < 1.29 is 9.13 Å². The maximum Gasteiger partial charge on any atom is 0.126 e. The first-order valence-corrected chi connectivity index (χ1v) is 8.10. The Labute approximate surface area is 137 Å². The molecule has 0 N–H and O–H groups in total. The van der Waals surface area contributed by atoms with E-state index >= 15 is 0 Å². The number of aryl methyl sites for hydroxylation is 1. The molecule has 3 nitrogen and oxygen atoms in total. The second-order valence-electron chi connectivity index (χ2n) is 6.36. The highest BCUT2D eigenvalue weighted by Gasteiger charge is 2.23. The number of nitrogens with zero attached hydrogens (tertiary/aromatic N) is 2. The summed E-state index contributed by atoms with van der Waals surface area (Å²) in [6.07, 6.45) is 3.88. The van der Waals surface area contributed by atoms with Gasteiger partial charge < -0.3 is 4.74 Å². The predicted octanol–water partition coefficient (Wildman–Crippen LogP) is 3.60. The van der Waals surface area contributed by atoms with Crippen molar-refractivity contribution in [2.75, 3.05) is 20.2 Å². The molecule has 0 spiro atoms. The molecule has 0 amide bonds. The highest BCUT2D eigenvalue weighted by atomic mass is 19.1. The van der Waals surface area contributed by atoms with Crippen molar-refractivity contribution in [1.29, 1.82) is 0 Å². The van der Waals surface area contributed by atoms with Crippen molar-refractivity contribution >= 4 is 0 Å². The van der Waals surface area contributed by atoms with E-state index in [1.165, 1.54) is 0 Å². The zero-order valence-corrected chi connectivity index (χ0v) is 13.8. The lowest BCUT2D eigenvalue weighted by Crippen LogP contribution is -2.21. The number of hydrogen-bond acceptors (Lipinski definition) is 3. The van der Waals surface area contributed by atoms with Gasteiger partial charge in [-0.2, -0.15) is 0 Å². The topological polar surface area (TPSA) is 25.4 Å². The van der Waals surface area contributed by atoms with Crippen molar-refractivity contribution in [3.05, 3.63) is 59.2 Å². The molecule has 0 radical (unpaired) electrons. The summed E-state index contributed by atoms with van der Waals surface area (Å²) in [4.78, 5) is 6.82. The molecule has 0 bridgehead atoms. The zero-order valence-electron chi connectivity index (χ0n) is 13.8. The molecule has 1 atom stereocenters. The average molecular weight is 314 g/mol. The number of methoxy groups -OCH3 is 1. The van der Waals surface area contributed by atoms with Crippen LogP contribution in [0.3, 0.4) is 0 Å². The Morgan fingerprint density at radius 2 is 2.17 bits per heavy atom. The van der Waals surface area contributed by atoms with Gasteiger partial charge in [-0.1, -0.05) is 12.1 Å². The molecular formula is C19H23FN2O. The minimum absolute atomic E-state index is 0.0991. The van der Waals surface area contributed by atoms with Crippen LogP contribution in [0.1, 0.15) is 23.2 Å². The molecule has 2 aromatic rings. The fourth-order valence-electron chi connectivity index (χ4n) is 3.22. The summed E-state index contributed by atoms with van der Waals surface area (Å²) in [6.45, 7) is 4.75. The largest absolute Gasteiger partial charge is 0.497 e. The van der Waals surface area contributed by atoms with E-state index in [-0.39, 0.29) is 5.82 Å². The van der Waals surface area contributed by atoms with Crippen LogP contribution < -0.4 is 4.74 Å². The van der Waals surface area contributed by atoms with Crippen molar-refractivity contribution in [1.82, 2.24) is 9.88 Å². The molecule has 1 aliphatic heterocycles. The van der Waals surface area contributed by atoms with E-state index in [4.69, 9.17) is 4.74 Å². The number of likely N-dealkylation sites (tertiary alicyclic amines) is 1. The van der Waals surface area contributed by atoms with Crippen molar-refractivity contribution in [3.8, 4) is 5.75 Å². The smallest absolute Gasteiger partial charge is 0.126 e. The number of halogens is 1. The number of aromatic nitrogens is 1. The Bertz CT molecular complexity index is 674. The first-order valence-electron chi connectivity index (χ1n) is 8.10. The Morgan fingerprint density at radius 3 is 2.96 bits per heavy atom. The molecule has 1 aromatic heterocycles. The lowest BCUT2D eigenvalue weighted by Gasteiger charge is -2.16. The first kappa shape index (κ1) is 15.9. The first-order chi connectivity index (χ1) is 11.1. The van der Waals surface area contributed by atoms with Crippen LogP contribution in [-0.4, -0.2) is 30.1 Å². The minimum atomic E-state index is -0.0991. The van der Waals surface area contributed by atoms with E-state index < -0.39 is 0 Å².